The standard InChI is InChI=1S/C18H20FNO2S/c19-16-3-1-2-4-17(16)23-12-10-18(22)20-11-9-14-5-7-15(13-21)8-6-14/h1-8,21H,9-13H2,(H,20,22). The second kappa shape index (κ2) is 9.33. The van der Waals surface area contributed by atoms with Gasteiger partial charge in [0, 0.05) is 23.6 Å². The van der Waals surface area contributed by atoms with Crippen LogP contribution in [0.4, 0.5) is 4.39 Å². The van der Waals surface area contributed by atoms with Gasteiger partial charge in [-0.3, -0.25) is 4.79 Å². The molecule has 2 aromatic carbocycles. The highest BCUT2D eigenvalue weighted by Crippen LogP contribution is 2.21. The summed E-state index contributed by atoms with van der Waals surface area (Å²) in [4.78, 5) is 12.3. The van der Waals surface area contributed by atoms with Gasteiger partial charge in [-0.15, -0.1) is 11.8 Å². The summed E-state index contributed by atoms with van der Waals surface area (Å²) in [6.45, 7) is 0.609. The molecule has 122 valence electrons. The fourth-order valence-corrected chi connectivity index (χ4v) is 2.95. The van der Waals surface area contributed by atoms with Gasteiger partial charge in [0.25, 0.3) is 0 Å². The van der Waals surface area contributed by atoms with Gasteiger partial charge < -0.3 is 10.4 Å². The summed E-state index contributed by atoms with van der Waals surface area (Å²) in [6.07, 6.45) is 1.11. The molecule has 5 heteroatoms. The van der Waals surface area contributed by atoms with Gasteiger partial charge in [0.2, 0.25) is 5.91 Å². The lowest BCUT2D eigenvalue weighted by Crippen LogP contribution is -2.25. The number of thioether (sulfide) groups is 1. The minimum absolute atomic E-state index is 0.0270. The second-order valence-electron chi connectivity index (χ2n) is 5.10. The molecule has 23 heavy (non-hydrogen) atoms. The minimum Gasteiger partial charge on any atom is -0.392 e. The van der Waals surface area contributed by atoms with Crippen molar-refractivity contribution in [2.75, 3.05) is 12.3 Å². The summed E-state index contributed by atoms with van der Waals surface area (Å²) in [5.41, 5.74) is 1.99. The lowest BCUT2D eigenvalue weighted by atomic mass is 10.1. The van der Waals surface area contributed by atoms with Gasteiger partial charge in [0.05, 0.1) is 6.61 Å². The summed E-state index contributed by atoms with van der Waals surface area (Å²) in [5, 5.41) is 11.8. The van der Waals surface area contributed by atoms with E-state index < -0.39 is 0 Å². The average molecular weight is 333 g/mol. The Balaban J connectivity index is 1.64. The number of hydrogen-bond donors (Lipinski definition) is 2. The Morgan fingerprint density at radius 3 is 2.48 bits per heavy atom. The normalized spacial score (nSPS) is 10.5. The van der Waals surface area contributed by atoms with Crippen LogP contribution in [0.15, 0.2) is 53.4 Å². The summed E-state index contributed by atoms with van der Waals surface area (Å²) < 4.78 is 13.4. The molecule has 0 aromatic heterocycles. The number of aliphatic hydroxyl groups excluding tert-OH is 1. The Morgan fingerprint density at radius 1 is 1.09 bits per heavy atom. The fourth-order valence-electron chi connectivity index (χ4n) is 2.06. The van der Waals surface area contributed by atoms with Crippen molar-refractivity contribution in [3.8, 4) is 0 Å². The van der Waals surface area contributed by atoms with Crippen LogP contribution in [0.1, 0.15) is 17.5 Å². The number of rotatable bonds is 8. The smallest absolute Gasteiger partial charge is 0.220 e. The summed E-state index contributed by atoms with van der Waals surface area (Å²) in [6, 6.07) is 14.2. The van der Waals surface area contributed by atoms with E-state index in [1.807, 2.05) is 24.3 Å². The number of carbonyl (C=O) groups excluding carboxylic acids is 1. The van der Waals surface area contributed by atoms with Gasteiger partial charge in [0.15, 0.2) is 0 Å². The Bertz CT molecular complexity index is 631. The predicted molar refractivity (Wildman–Crippen MR) is 90.8 cm³/mol. The Kier molecular flexibility index (Phi) is 7.10. The predicted octanol–water partition coefficient (Wildman–Crippen LogP) is 3.16. The molecule has 0 spiro atoms. The molecule has 0 fully saturated rings. The molecule has 0 unspecified atom stereocenters. The van der Waals surface area contributed by atoms with E-state index in [0.29, 0.717) is 23.6 Å². The molecule has 0 saturated carbocycles. The lowest BCUT2D eigenvalue weighted by molar-refractivity contribution is -0.120. The van der Waals surface area contributed by atoms with Crippen LogP contribution in [0.2, 0.25) is 0 Å². The molecule has 0 aliphatic carbocycles. The maximum absolute atomic E-state index is 13.4. The third kappa shape index (κ3) is 6.04. The molecule has 0 radical (unpaired) electrons. The number of hydrogen-bond acceptors (Lipinski definition) is 3. The average Bonchev–Trinajstić information content (AvgIpc) is 2.57. The molecule has 0 aliphatic heterocycles. The van der Waals surface area contributed by atoms with Crippen LogP contribution in [0.3, 0.4) is 0 Å². The molecule has 0 atom stereocenters. The van der Waals surface area contributed by atoms with Gasteiger partial charge in [-0.2, -0.15) is 0 Å². The van der Waals surface area contributed by atoms with Crippen molar-refractivity contribution >= 4 is 17.7 Å². The number of carbonyl (C=O) groups is 1. The second-order valence-corrected chi connectivity index (χ2v) is 6.24. The van der Waals surface area contributed by atoms with Crippen molar-refractivity contribution < 1.29 is 14.3 Å². The van der Waals surface area contributed by atoms with Crippen LogP contribution < -0.4 is 5.32 Å². The topological polar surface area (TPSA) is 49.3 Å². The van der Waals surface area contributed by atoms with Gasteiger partial charge in [-0.05, 0) is 29.7 Å². The Labute approximate surface area is 139 Å². The SMILES string of the molecule is O=C(CCSc1ccccc1F)NCCc1ccc(CO)cc1. The first-order valence-corrected chi connectivity index (χ1v) is 8.50. The molecule has 0 bridgehead atoms. The lowest BCUT2D eigenvalue weighted by Gasteiger charge is -2.06. The van der Waals surface area contributed by atoms with E-state index >= 15 is 0 Å². The molecule has 3 nitrogen and oxygen atoms in total. The minimum atomic E-state index is -0.246. The molecule has 2 aromatic rings. The van der Waals surface area contributed by atoms with Crippen molar-refractivity contribution in [3.05, 3.63) is 65.5 Å². The van der Waals surface area contributed by atoms with E-state index in [9.17, 15) is 9.18 Å². The molecule has 2 rings (SSSR count). The summed E-state index contributed by atoms with van der Waals surface area (Å²) in [7, 11) is 0. The van der Waals surface area contributed by atoms with E-state index in [4.69, 9.17) is 5.11 Å². The fraction of sp³-hybridized carbons (Fsp3) is 0.278. The van der Waals surface area contributed by atoms with Crippen molar-refractivity contribution in [3.63, 3.8) is 0 Å². The molecule has 0 heterocycles. The zero-order chi connectivity index (χ0) is 16.5. The monoisotopic (exact) mass is 333 g/mol. The highest BCUT2D eigenvalue weighted by atomic mass is 32.2. The van der Waals surface area contributed by atoms with E-state index in [2.05, 4.69) is 5.32 Å². The third-order valence-corrected chi connectivity index (χ3v) is 4.42. The van der Waals surface area contributed by atoms with Gasteiger partial charge in [-0.1, -0.05) is 36.4 Å². The first kappa shape index (κ1) is 17.5. The Hall–Kier alpha value is -1.85. The van der Waals surface area contributed by atoms with E-state index in [1.165, 1.54) is 17.8 Å². The van der Waals surface area contributed by atoms with Crippen LogP contribution >= 0.6 is 11.8 Å². The van der Waals surface area contributed by atoms with Crippen LogP contribution in [0.25, 0.3) is 0 Å². The van der Waals surface area contributed by atoms with Crippen molar-refractivity contribution in [2.24, 2.45) is 0 Å². The van der Waals surface area contributed by atoms with Crippen molar-refractivity contribution in [1.29, 1.82) is 0 Å². The quantitative estimate of drug-likeness (QED) is 0.730. The zero-order valence-electron chi connectivity index (χ0n) is 12.8. The number of halogens is 1. The van der Waals surface area contributed by atoms with E-state index in [1.54, 1.807) is 18.2 Å². The Morgan fingerprint density at radius 2 is 1.78 bits per heavy atom. The van der Waals surface area contributed by atoms with Gasteiger partial charge in [0.1, 0.15) is 5.82 Å². The maximum atomic E-state index is 13.4. The number of amides is 1. The van der Waals surface area contributed by atoms with Crippen molar-refractivity contribution in [1.82, 2.24) is 5.32 Å². The highest BCUT2D eigenvalue weighted by Gasteiger charge is 2.04. The van der Waals surface area contributed by atoms with Gasteiger partial charge in [-0.25, -0.2) is 4.39 Å². The first-order valence-electron chi connectivity index (χ1n) is 7.52. The molecule has 0 saturated heterocycles. The van der Waals surface area contributed by atoms with E-state index in [0.717, 1.165) is 17.5 Å². The third-order valence-electron chi connectivity index (χ3n) is 3.36. The zero-order valence-corrected chi connectivity index (χ0v) is 13.6. The summed E-state index contributed by atoms with van der Waals surface area (Å²) >= 11 is 1.35. The summed E-state index contributed by atoms with van der Waals surface area (Å²) in [5.74, 6) is 0.280. The number of nitrogens with one attached hydrogen (secondary N) is 1. The first-order chi connectivity index (χ1) is 11.2. The molecular formula is C18H20FNO2S. The molecule has 0 aliphatic rings. The molecule has 1 amide bonds. The van der Waals surface area contributed by atoms with Crippen LogP contribution in [0, 0.1) is 5.82 Å². The highest BCUT2D eigenvalue weighted by molar-refractivity contribution is 7.99. The number of benzene rings is 2. The molecule has 2 N–H and O–H groups in total. The van der Waals surface area contributed by atoms with E-state index in [-0.39, 0.29) is 18.3 Å². The number of aliphatic hydroxyl groups is 1. The van der Waals surface area contributed by atoms with Gasteiger partial charge >= 0.3 is 0 Å². The largest absolute Gasteiger partial charge is 0.392 e. The van der Waals surface area contributed by atoms with Crippen LogP contribution in [0.5, 0.6) is 0 Å². The molecular weight excluding hydrogens is 313 g/mol. The van der Waals surface area contributed by atoms with Crippen molar-refractivity contribution in [2.45, 2.75) is 24.3 Å². The maximum Gasteiger partial charge on any atom is 0.220 e. The van der Waals surface area contributed by atoms with Crippen LogP contribution in [-0.4, -0.2) is 23.3 Å². The van der Waals surface area contributed by atoms with Crippen LogP contribution in [-0.2, 0) is 17.8 Å².